The molecule has 3 rings (SSSR count). The molecule has 4 heteroatoms. The predicted octanol–water partition coefficient (Wildman–Crippen LogP) is 8.63. The van der Waals surface area contributed by atoms with Gasteiger partial charge in [-0.25, -0.2) is 0 Å². The fraction of sp³-hybridized carbons (Fsp3) is 0.789. The third-order valence-corrected chi connectivity index (χ3v) is 11.2. The third kappa shape index (κ3) is 11.8. The summed E-state index contributed by atoms with van der Waals surface area (Å²) in [6, 6.07) is 10.9. The van der Waals surface area contributed by atoms with Crippen LogP contribution in [0.5, 0.6) is 0 Å². The fourth-order valence-corrected chi connectivity index (χ4v) is 8.40. The molecule has 2 saturated carbocycles. The van der Waals surface area contributed by atoms with E-state index in [0.717, 1.165) is 74.3 Å². The Morgan fingerprint density at radius 2 is 1.38 bits per heavy atom. The van der Waals surface area contributed by atoms with Crippen molar-refractivity contribution in [2.45, 2.75) is 124 Å². The second kappa shape index (κ2) is 18.9. The van der Waals surface area contributed by atoms with Gasteiger partial charge in [-0.3, -0.25) is 4.79 Å². The van der Waals surface area contributed by atoms with Crippen molar-refractivity contribution in [2.75, 3.05) is 20.1 Å². The lowest BCUT2D eigenvalue weighted by atomic mass is 9.61. The largest absolute Gasteiger partial charge is 0.356 e. The van der Waals surface area contributed by atoms with Crippen LogP contribution in [0.25, 0.3) is 0 Å². The van der Waals surface area contributed by atoms with E-state index in [2.05, 4.69) is 61.7 Å². The molecule has 2 aliphatic rings. The minimum atomic E-state index is 0.199. The zero-order valence-corrected chi connectivity index (χ0v) is 27.8. The first-order valence-electron chi connectivity index (χ1n) is 17.7. The molecule has 4 nitrogen and oxygen atoms in total. The molecule has 2 fully saturated rings. The van der Waals surface area contributed by atoms with Gasteiger partial charge < -0.3 is 15.4 Å². The van der Waals surface area contributed by atoms with E-state index in [1.165, 1.54) is 63.4 Å². The number of amides is 1. The van der Waals surface area contributed by atoms with Gasteiger partial charge in [0.15, 0.2) is 0 Å². The van der Waals surface area contributed by atoms with Crippen LogP contribution in [0.1, 0.15) is 123 Å². The summed E-state index contributed by atoms with van der Waals surface area (Å²) in [5, 5.41) is 6.60. The van der Waals surface area contributed by atoms with E-state index in [1.54, 1.807) is 6.92 Å². The molecule has 0 bridgehead atoms. The van der Waals surface area contributed by atoms with Gasteiger partial charge in [-0.1, -0.05) is 76.8 Å². The SMILES string of the molecule is CCCC1CC(C)C1CCC(CCNC)CCNC(=O)CCC(CCC(C)=O)CCC1C(C)CC1Cc1ccccc1. The highest BCUT2D eigenvalue weighted by molar-refractivity contribution is 5.76. The Kier molecular flexibility index (Phi) is 15.6. The van der Waals surface area contributed by atoms with Crippen molar-refractivity contribution in [1.29, 1.82) is 0 Å². The molecular weight excluding hydrogens is 516 g/mol. The van der Waals surface area contributed by atoms with Crippen molar-refractivity contribution in [2.24, 2.45) is 47.3 Å². The summed E-state index contributed by atoms with van der Waals surface area (Å²) in [4.78, 5) is 24.7. The molecule has 0 spiro atoms. The highest BCUT2D eigenvalue weighted by Crippen LogP contribution is 2.47. The maximum absolute atomic E-state index is 12.9. The molecule has 0 heterocycles. The number of carbonyl (C=O) groups excluding carboxylic acids is 2. The van der Waals surface area contributed by atoms with Crippen LogP contribution < -0.4 is 10.6 Å². The number of rotatable bonds is 22. The maximum Gasteiger partial charge on any atom is 0.220 e. The molecule has 0 aliphatic heterocycles. The van der Waals surface area contributed by atoms with Crippen molar-refractivity contribution < 1.29 is 9.59 Å². The van der Waals surface area contributed by atoms with Crippen molar-refractivity contribution >= 4 is 11.7 Å². The van der Waals surface area contributed by atoms with Gasteiger partial charge in [-0.15, -0.1) is 0 Å². The molecule has 1 amide bonds. The average molecular weight is 581 g/mol. The number of hydrogen-bond acceptors (Lipinski definition) is 3. The van der Waals surface area contributed by atoms with E-state index in [0.29, 0.717) is 24.7 Å². The Labute approximate surface area is 259 Å². The van der Waals surface area contributed by atoms with Gasteiger partial charge in [0, 0.05) is 19.4 Å². The van der Waals surface area contributed by atoms with Crippen LogP contribution in [-0.4, -0.2) is 31.8 Å². The summed E-state index contributed by atoms with van der Waals surface area (Å²) in [6.07, 6.45) is 17.0. The van der Waals surface area contributed by atoms with Gasteiger partial charge in [0.2, 0.25) is 5.91 Å². The van der Waals surface area contributed by atoms with Crippen LogP contribution in [0.3, 0.4) is 0 Å². The number of ketones is 1. The zero-order valence-electron chi connectivity index (χ0n) is 27.8. The van der Waals surface area contributed by atoms with Gasteiger partial charge in [0.25, 0.3) is 0 Å². The minimum Gasteiger partial charge on any atom is -0.356 e. The summed E-state index contributed by atoms with van der Waals surface area (Å²) < 4.78 is 0. The van der Waals surface area contributed by atoms with E-state index in [-0.39, 0.29) is 11.7 Å². The molecule has 1 aromatic carbocycles. The van der Waals surface area contributed by atoms with Crippen LogP contribution in [-0.2, 0) is 16.0 Å². The van der Waals surface area contributed by atoms with Gasteiger partial charge >= 0.3 is 0 Å². The number of benzene rings is 1. The average Bonchev–Trinajstić information content (AvgIpc) is 2.96. The summed E-state index contributed by atoms with van der Waals surface area (Å²) >= 11 is 0. The quantitative estimate of drug-likeness (QED) is 0.144. The molecule has 8 atom stereocenters. The Morgan fingerprint density at radius 3 is 2.00 bits per heavy atom. The lowest BCUT2D eigenvalue weighted by Gasteiger charge is -2.44. The molecule has 0 radical (unpaired) electrons. The van der Waals surface area contributed by atoms with Gasteiger partial charge in [0.05, 0.1) is 0 Å². The second-order valence-electron chi connectivity index (χ2n) is 14.4. The molecule has 42 heavy (non-hydrogen) atoms. The number of carbonyl (C=O) groups is 2. The monoisotopic (exact) mass is 580 g/mol. The van der Waals surface area contributed by atoms with E-state index in [9.17, 15) is 9.59 Å². The summed E-state index contributed by atoms with van der Waals surface area (Å²) in [6.45, 7) is 10.7. The van der Waals surface area contributed by atoms with Crippen LogP contribution in [0.2, 0.25) is 0 Å². The standard InChI is InChI=1S/C38H64N2O2/c1-6-10-34-25-28(2)36(34)18-16-32(21-23-39-5)22-24-40-38(42)20-17-31(14-13-30(4)41)15-19-37-29(3)26-35(37)27-33-11-8-7-9-12-33/h7-9,11-12,28-29,31-32,34-37,39H,6,10,13-27H2,1-5H3,(H,40,42). The smallest absolute Gasteiger partial charge is 0.220 e. The highest BCUT2D eigenvalue weighted by atomic mass is 16.1. The van der Waals surface area contributed by atoms with Crippen molar-refractivity contribution in [1.82, 2.24) is 10.6 Å². The van der Waals surface area contributed by atoms with Gasteiger partial charge in [-0.2, -0.15) is 0 Å². The first-order valence-corrected chi connectivity index (χ1v) is 17.7. The summed E-state index contributed by atoms with van der Waals surface area (Å²) in [5.74, 6) is 6.72. The van der Waals surface area contributed by atoms with Crippen molar-refractivity contribution in [3.8, 4) is 0 Å². The molecule has 8 unspecified atom stereocenters. The van der Waals surface area contributed by atoms with E-state index in [4.69, 9.17) is 0 Å². The third-order valence-electron chi connectivity index (χ3n) is 11.2. The molecule has 0 saturated heterocycles. The zero-order chi connectivity index (χ0) is 30.3. The lowest BCUT2D eigenvalue weighted by Crippen LogP contribution is -2.36. The molecule has 1 aromatic rings. The van der Waals surface area contributed by atoms with Crippen LogP contribution >= 0.6 is 0 Å². The molecule has 2 aliphatic carbocycles. The Morgan fingerprint density at radius 1 is 0.786 bits per heavy atom. The predicted molar refractivity (Wildman–Crippen MR) is 177 cm³/mol. The normalized spacial score (nSPS) is 26.6. The minimum absolute atomic E-state index is 0.199. The number of nitrogens with one attached hydrogen (secondary N) is 2. The van der Waals surface area contributed by atoms with Crippen molar-refractivity contribution in [3.63, 3.8) is 0 Å². The van der Waals surface area contributed by atoms with Gasteiger partial charge in [0.1, 0.15) is 5.78 Å². The van der Waals surface area contributed by atoms with E-state index in [1.807, 2.05) is 7.05 Å². The topological polar surface area (TPSA) is 58.2 Å². The maximum atomic E-state index is 12.9. The number of hydrogen-bond donors (Lipinski definition) is 2. The van der Waals surface area contributed by atoms with Crippen LogP contribution in [0.4, 0.5) is 0 Å². The molecular formula is C38H64N2O2. The molecule has 238 valence electrons. The van der Waals surface area contributed by atoms with E-state index < -0.39 is 0 Å². The van der Waals surface area contributed by atoms with Crippen LogP contribution in [0, 0.1) is 47.3 Å². The lowest BCUT2D eigenvalue weighted by molar-refractivity contribution is -0.121. The first kappa shape index (κ1) is 34.8. The van der Waals surface area contributed by atoms with Crippen molar-refractivity contribution in [3.05, 3.63) is 35.9 Å². The summed E-state index contributed by atoms with van der Waals surface area (Å²) in [5.41, 5.74) is 1.45. The Hall–Kier alpha value is -1.68. The second-order valence-corrected chi connectivity index (χ2v) is 14.4. The highest BCUT2D eigenvalue weighted by Gasteiger charge is 2.38. The number of Topliss-reactive ketones (excluding diaryl/α,β-unsaturated/α-hetero) is 1. The molecule has 0 aromatic heterocycles. The molecule has 2 N–H and O–H groups in total. The van der Waals surface area contributed by atoms with E-state index >= 15 is 0 Å². The first-order chi connectivity index (χ1) is 20.3. The Balaban J connectivity index is 1.39. The van der Waals surface area contributed by atoms with Crippen LogP contribution in [0.15, 0.2) is 30.3 Å². The summed E-state index contributed by atoms with van der Waals surface area (Å²) in [7, 11) is 2.04. The van der Waals surface area contributed by atoms with Gasteiger partial charge in [-0.05, 0) is 131 Å². The fourth-order valence-electron chi connectivity index (χ4n) is 8.40. The Bertz CT molecular complexity index is 900.